The number of sulfonamides is 1. The summed E-state index contributed by atoms with van der Waals surface area (Å²) in [5.74, 6) is -0.215. The van der Waals surface area contributed by atoms with Gasteiger partial charge in [-0.2, -0.15) is 5.10 Å². The number of H-pyrrole nitrogens is 1. The topological polar surface area (TPSA) is 118 Å². The van der Waals surface area contributed by atoms with Gasteiger partial charge in [-0.05, 0) is 43.4 Å². The molecule has 0 fully saturated rings. The maximum Gasteiger partial charge on any atom is 0.271 e. The van der Waals surface area contributed by atoms with Crippen molar-refractivity contribution in [2.24, 2.45) is 11.7 Å². The van der Waals surface area contributed by atoms with E-state index in [9.17, 15) is 13.2 Å². The number of primary amides is 1. The Bertz CT molecular complexity index is 824. The van der Waals surface area contributed by atoms with E-state index in [4.69, 9.17) is 5.73 Å². The second-order valence-corrected chi connectivity index (χ2v) is 7.80. The van der Waals surface area contributed by atoms with Gasteiger partial charge in [0.05, 0.1) is 10.6 Å². The molecule has 0 aliphatic rings. The van der Waals surface area contributed by atoms with Crippen molar-refractivity contribution in [1.29, 1.82) is 0 Å². The Kier molecular flexibility index (Phi) is 5.28. The van der Waals surface area contributed by atoms with Gasteiger partial charge in [0, 0.05) is 0 Å². The van der Waals surface area contributed by atoms with Crippen molar-refractivity contribution < 1.29 is 13.2 Å². The summed E-state index contributed by atoms with van der Waals surface area (Å²) in [7, 11) is -3.83. The van der Waals surface area contributed by atoms with E-state index >= 15 is 0 Å². The van der Waals surface area contributed by atoms with E-state index in [0.717, 1.165) is 18.4 Å². The molecule has 0 saturated heterocycles. The van der Waals surface area contributed by atoms with E-state index in [0.29, 0.717) is 11.6 Å². The van der Waals surface area contributed by atoms with Gasteiger partial charge in [-0.1, -0.05) is 26.0 Å². The predicted octanol–water partition coefficient (Wildman–Crippen LogP) is 2.21. The first-order chi connectivity index (χ1) is 11.2. The van der Waals surface area contributed by atoms with Crippen LogP contribution < -0.4 is 10.5 Å². The molecule has 0 radical (unpaired) electrons. The van der Waals surface area contributed by atoms with E-state index in [-0.39, 0.29) is 16.3 Å². The third-order valence-electron chi connectivity index (χ3n) is 3.66. The van der Waals surface area contributed by atoms with Crippen LogP contribution in [0, 0.1) is 12.8 Å². The molecule has 0 unspecified atom stereocenters. The minimum absolute atomic E-state index is 0.0754. The van der Waals surface area contributed by atoms with Crippen LogP contribution in [0.25, 0.3) is 0 Å². The monoisotopic (exact) mass is 350 g/mol. The molecule has 0 aliphatic carbocycles. The number of hydrogen-bond acceptors (Lipinski definition) is 4. The molecule has 1 aromatic carbocycles. The molecule has 0 saturated carbocycles. The molecule has 24 heavy (non-hydrogen) atoms. The first-order valence-corrected chi connectivity index (χ1v) is 9.15. The number of rotatable bonds is 7. The minimum Gasteiger partial charge on any atom is -0.364 e. The van der Waals surface area contributed by atoms with E-state index < -0.39 is 15.9 Å². The van der Waals surface area contributed by atoms with Gasteiger partial charge in [0.15, 0.2) is 5.69 Å². The molecule has 2 aromatic rings. The smallest absolute Gasteiger partial charge is 0.271 e. The van der Waals surface area contributed by atoms with Gasteiger partial charge in [-0.15, -0.1) is 0 Å². The number of nitrogens with zero attached hydrogens (tertiary/aromatic N) is 1. The summed E-state index contributed by atoms with van der Waals surface area (Å²) in [6, 6.07) is 6.71. The Balaban J connectivity index is 2.22. The molecule has 0 bridgehead atoms. The first kappa shape index (κ1) is 18.0. The maximum absolute atomic E-state index is 12.5. The molecule has 1 aromatic heterocycles. The number of carbonyl (C=O) groups is 1. The van der Waals surface area contributed by atoms with Crippen molar-refractivity contribution in [2.45, 2.75) is 38.5 Å². The van der Waals surface area contributed by atoms with Crippen molar-refractivity contribution in [1.82, 2.24) is 10.2 Å². The highest BCUT2D eigenvalue weighted by molar-refractivity contribution is 7.92. The van der Waals surface area contributed by atoms with Crippen LogP contribution in [0.5, 0.6) is 0 Å². The number of nitrogens with one attached hydrogen (secondary N) is 2. The lowest BCUT2D eigenvalue weighted by Gasteiger charge is -2.10. The summed E-state index contributed by atoms with van der Waals surface area (Å²) in [5.41, 5.74) is 6.65. The van der Waals surface area contributed by atoms with Gasteiger partial charge in [0.1, 0.15) is 5.69 Å². The van der Waals surface area contributed by atoms with Crippen LogP contribution >= 0.6 is 0 Å². The lowest BCUT2D eigenvalue weighted by atomic mass is 10.0. The Morgan fingerprint density at radius 2 is 1.92 bits per heavy atom. The Morgan fingerprint density at radius 1 is 1.29 bits per heavy atom. The Hall–Kier alpha value is -2.35. The van der Waals surface area contributed by atoms with E-state index in [1.165, 1.54) is 0 Å². The van der Waals surface area contributed by atoms with Crippen LogP contribution in [0.3, 0.4) is 0 Å². The molecule has 0 aliphatic heterocycles. The van der Waals surface area contributed by atoms with Gasteiger partial charge in [-0.25, -0.2) is 8.42 Å². The predicted molar refractivity (Wildman–Crippen MR) is 92.3 cm³/mol. The molecule has 0 spiro atoms. The largest absolute Gasteiger partial charge is 0.364 e. The van der Waals surface area contributed by atoms with E-state index in [2.05, 4.69) is 28.8 Å². The Labute approximate surface area is 141 Å². The van der Waals surface area contributed by atoms with Crippen LogP contribution in [0.15, 0.2) is 29.2 Å². The molecular formula is C16H22N4O3S. The molecular weight excluding hydrogens is 328 g/mol. The quantitative estimate of drug-likeness (QED) is 0.709. The number of aromatic amines is 1. The molecule has 4 N–H and O–H groups in total. The molecule has 8 heteroatoms. The van der Waals surface area contributed by atoms with E-state index in [1.54, 1.807) is 31.2 Å². The zero-order chi connectivity index (χ0) is 17.9. The molecule has 1 heterocycles. The summed E-state index contributed by atoms with van der Waals surface area (Å²) in [6.07, 6.45) is 1.94. The lowest BCUT2D eigenvalue weighted by Crippen LogP contribution is -2.18. The van der Waals surface area contributed by atoms with Crippen LogP contribution in [0.2, 0.25) is 0 Å². The number of hydrogen-bond donors (Lipinski definition) is 3. The van der Waals surface area contributed by atoms with Gasteiger partial charge in [-0.3, -0.25) is 14.6 Å². The fraction of sp³-hybridized carbons (Fsp3) is 0.375. The molecule has 130 valence electrons. The Morgan fingerprint density at radius 3 is 2.46 bits per heavy atom. The summed E-state index contributed by atoms with van der Waals surface area (Å²) < 4.78 is 27.4. The number of aromatic nitrogens is 2. The first-order valence-electron chi connectivity index (χ1n) is 7.67. The highest BCUT2D eigenvalue weighted by Gasteiger charge is 2.22. The molecule has 7 nitrogen and oxygen atoms in total. The number of aryl methyl sites for hydroxylation is 2. The zero-order valence-electron chi connectivity index (χ0n) is 14.0. The second-order valence-electron chi connectivity index (χ2n) is 6.12. The summed E-state index contributed by atoms with van der Waals surface area (Å²) >= 11 is 0. The minimum atomic E-state index is -3.83. The number of carbonyl (C=O) groups excluding carboxylic acids is 1. The number of anilines is 1. The number of nitrogens with two attached hydrogens (primary N) is 1. The number of benzene rings is 1. The third-order valence-corrected chi connectivity index (χ3v) is 5.03. The highest BCUT2D eigenvalue weighted by atomic mass is 32.2. The third kappa shape index (κ3) is 4.14. The highest BCUT2D eigenvalue weighted by Crippen LogP contribution is 2.22. The summed E-state index contributed by atoms with van der Waals surface area (Å²) in [6.45, 7) is 5.89. The molecule has 2 rings (SSSR count). The van der Waals surface area contributed by atoms with Gasteiger partial charge in [0.25, 0.3) is 15.9 Å². The van der Waals surface area contributed by atoms with Crippen molar-refractivity contribution >= 4 is 21.6 Å². The van der Waals surface area contributed by atoms with Crippen LogP contribution in [-0.2, 0) is 16.4 Å². The second kappa shape index (κ2) is 7.04. The standard InChI is InChI=1S/C16H22N4O3S/c1-10(2)4-5-12-6-8-13(9-7-12)24(22,23)20-14-11(3)18-19-15(14)16(17)21/h6-10,20H,4-5H2,1-3H3,(H2,17,21)(H,18,19). The SMILES string of the molecule is Cc1[nH]nc(C(N)=O)c1NS(=O)(=O)c1ccc(CCC(C)C)cc1. The fourth-order valence-corrected chi connectivity index (χ4v) is 3.35. The average Bonchev–Trinajstić information content (AvgIpc) is 2.86. The van der Waals surface area contributed by atoms with Gasteiger partial charge >= 0.3 is 0 Å². The molecule has 1 amide bonds. The van der Waals surface area contributed by atoms with Crippen molar-refractivity contribution in [3.05, 3.63) is 41.2 Å². The van der Waals surface area contributed by atoms with E-state index in [1.807, 2.05) is 0 Å². The molecule has 0 atom stereocenters. The van der Waals surface area contributed by atoms with Crippen molar-refractivity contribution in [3.63, 3.8) is 0 Å². The maximum atomic E-state index is 12.5. The summed E-state index contributed by atoms with van der Waals surface area (Å²) in [4.78, 5) is 11.5. The average molecular weight is 350 g/mol. The summed E-state index contributed by atoms with van der Waals surface area (Å²) in [5, 5.41) is 6.27. The lowest BCUT2D eigenvalue weighted by molar-refractivity contribution is 0.0996. The van der Waals surface area contributed by atoms with Gasteiger partial charge < -0.3 is 5.73 Å². The van der Waals surface area contributed by atoms with Crippen LogP contribution in [0.4, 0.5) is 5.69 Å². The van der Waals surface area contributed by atoms with Crippen molar-refractivity contribution in [2.75, 3.05) is 4.72 Å². The van der Waals surface area contributed by atoms with Crippen LogP contribution in [-0.4, -0.2) is 24.5 Å². The number of amides is 1. The normalized spacial score (nSPS) is 11.7. The van der Waals surface area contributed by atoms with Crippen LogP contribution in [0.1, 0.15) is 42.0 Å². The van der Waals surface area contributed by atoms with Gasteiger partial charge in [0.2, 0.25) is 0 Å². The fourth-order valence-electron chi connectivity index (χ4n) is 2.22. The zero-order valence-corrected chi connectivity index (χ0v) is 14.8. The van der Waals surface area contributed by atoms with Crippen molar-refractivity contribution in [3.8, 4) is 0 Å².